The monoisotopic (exact) mass is 416 g/mol. The molecule has 166 valence electrons. The van der Waals surface area contributed by atoms with Gasteiger partial charge in [0.1, 0.15) is 0 Å². The van der Waals surface area contributed by atoms with E-state index < -0.39 is 14.5 Å². The molecule has 0 radical (unpaired) electrons. The Morgan fingerprint density at radius 2 is 0.741 bits per heavy atom. The Hall–Kier alpha value is 0.215. The number of hydrogen-bond acceptors (Lipinski definition) is 0. The minimum absolute atomic E-state index is 0.570. The van der Waals surface area contributed by atoms with Crippen molar-refractivity contribution in [3.05, 3.63) is 0 Å². The number of rotatable bonds is 17. The molecule has 0 aromatic heterocycles. The van der Waals surface area contributed by atoms with Crippen molar-refractivity contribution in [1.82, 2.24) is 0 Å². The third kappa shape index (κ3) is 24.2. The summed E-state index contributed by atoms with van der Waals surface area (Å²) in [7, 11) is -6.57. The summed E-state index contributed by atoms with van der Waals surface area (Å²) in [5.74, 6) is 0. The summed E-state index contributed by atoms with van der Waals surface area (Å²) in [6.07, 6.45) is 25.4. The zero-order valence-electron chi connectivity index (χ0n) is 18.6. The van der Waals surface area contributed by atoms with E-state index in [0.29, 0.717) is 0 Å². The minimum atomic E-state index is -6.00. The summed E-state index contributed by atoms with van der Waals surface area (Å²) in [4.78, 5) is 0. The first-order chi connectivity index (χ1) is 12.7. The van der Waals surface area contributed by atoms with Crippen LogP contribution in [0.3, 0.4) is 0 Å². The minimum Gasteiger partial charge on any atom is -0.418 e. The molecule has 0 fully saturated rings. The first kappa shape index (κ1) is 29.4. The molecule has 0 bridgehead atoms. The van der Waals surface area contributed by atoms with Crippen LogP contribution in [0, 0.1) is 0 Å². The smallest absolute Gasteiger partial charge is 0.418 e. The van der Waals surface area contributed by atoms with Crippen molar-refractivity contribution in [3.8, 4) is 0 Å². The zero-order chi connectivity index (χ0) is 21.0. The van der Waals surface area contributed by atoms with Gasteiger partial charge in [0.15, 0.2) is 0 Å². The Bertz CT molecular complexity index is 275. The average molecular weight is 416 g/mol. The summed E-state index contributed by atoms with van der Waals surface area (Å²) >= 11 is 0. The molecule has 0 aromatic rings. The third-order valence-corrected chi connectivity index (χ3v) is 10.5. The van der Waals surface area contributed by atoms with Gasteiger partial charge in [0, 0.05) is 7.26 Å². The van der Waals surface area contributed by atoms with E-state index in [9.17, 15) is 17.3 Å². The normalized spacial score (nSPS) is 12.0. The van der Waals surface area contributed by atoms with Crippen molar-refractivity contribution < 1.29 is 17.3 Å². The summed E-state index contributed by atoms with van der Waals surface area (Å²) in [5.41, 5.74) is 0. The molecule has 0 aliphatic heterocycles. The van der Waals surface area contributed by atoms with E-state index in [4.69, 9.17) is 0 Å². The van der Waals surface area contributed by atoms with E-state index in [1.54, 1.807) is 24.6 Å². The van der Waals surface area contributed by atoms with Crippen LogP contribution in [0.2, 0.25) is 0 Å². The van der Waals surface area contributed by atoms with Gasteiger partial charge in [0.25, 0.3) is 0 Å². The first-order valence-electron chi connectivity index (χ1n) is 11.5. The van der Waals surface area contributed by atoms with Gasteiger partial charge in [0.05, 0.1) is 24.6 Å². The highest BCUT2D eigenvalue weighted by Crippen LogP contribution is 2.60. The van der Waals surface area contributed by atoms with Gasteiger partial charge >= 0.3 is 7.25 Å². The van der Waals surface area contributed by atoms with Crippen LogP contribution in [0.15, 0.2) is 0 Å². The molecule has 0 aliphatic rings. The Morgan fingerprint density at radius 1 is 0.444 bits per heavy atom. The van der Waals surface area contributed by atoms with Crippen LogP contribution in [-0.4, -0.2) is 31.9 Å². The molecule has 0 saturated carbocycles. The van der Waals surface area contributed by atoms with Crippen LogP contribution in [0.4, 0.5) is 17.3 Å². The maximum atomic E-state index is 9.75. The maximum Gasteiger partial charge on any atom is 0.673 e. The largest absolute Gasteiger partial charge is 0.673 e. The van der Waals surface area contributed by atoms with Crippen molar-refractivity contribution in [2.24, 2.45) is 0 Å². The molecule has 0 spiro atoms. The standard InChI is InChI=1S/C21H46P.BF4/c1-5-9-10-11-12-13-14-15-16-17-21-22(18-6-2,19-7-3)20-8-4;2-1(3,4)5/h5-21H2,1-4H3;/q+1;-1. The quantitative estimate of drug-likeness (QED) is 0.0959. The topological polar surface area (TPSA) is 0 Å². The average Bonchev–Trinajstić information content (AvgIpc) is 2.56. The van der Waals surface area contributed by atoms with Gasteiger partial charge in [0.2, 0.25) is 0 Å². The fraction of sp³-hybridized carbons (Fsp3) is 1.00. The van der Waals surface area contributed by atoms with Crippen LogP contribution in [-0.2, 0) is 0 Å². The van der Waals surface area contributed by atoms with E-state index in [-0.39, 0.29) is 0 Å². The van der Waals surface area contributed by atoms with Gasteiger partial charge in [-0.2, -0.15) is 0 Å². The molecule has 27 heavy (non-hydrogen) atoms. The Kier molecular flexibility index (Phi) is 21.3. The molecule has 0 rings (SSSR count). The van der Waals surface area contributed by atoms with Gasteiger partial charge in [-0.25, -0.2) is 0 Å². The van der Waals surface area contributed by atoms with E-state index >= 15 is 0 Å². The lowest BCUT2D eigenvalue weighted by Gasteiger charge is -2.27. The predicted octanol–water partition coefficient (Wildman–Crippen LogP) is 9.45. The van der Waals surface area contributed by atoms with E-state index in [2.05, 4.69) is 27.7 Å². The summed E-state index contributed by atoms with van der Waals surface area (Å²) in [6.45, 7) is 9.51. The molecular weight excluding hydrogens is 370 g/mol. The number of halogens is 4. The Labute approximate surface area is 168 Å². The second-order valence-corrected chi connectivity index (χ2v) is 12.4. The van der Waals surface area contributed by atoms with Crippen molar-refractivity contribution in [1.29, 1.82) is 0 Å². The highest BCUT2D eigenvalue weighted by molar-refractivity contribution is 7.75. The highest BCUT2D eigenvalue weighted by atomic mass is 31.2. The van der Waals surface area contributed by atoms with Crippen LogP contribution in [0.25, 0.3) is 0 Å². The Morgan fingerprint density at radius 3 is 1.04 bits per heavy atom. The van der Waals surface area contributed by atoms with Gasteiger partial charge < -0.3 is 17.3 Å². The second-order valence-electron chi connectivity index (χ2n) is 7.91. The molecule has 0 aliphatic carbocycles. The lowest BCUT2D eigenvalue weighted by Crippen LogP contribution is -2.11. The SMILES string of the molecule is CCCCCCCCCCCC[P+](CCC)(CCC)CCC.F[B-](F)(F)F. The van der Waals surface area contributed by atoms with Crippen molar-refractivity contribution in [2.75, 3.05) is 24.6 Å². The fourth-order valence-corrected chi connectivity index (χ4v) is 9.11. The van der Waals surface area contributed by atoms with Gasteiger partial charge in [-0.3, -0.25) is 0 Å². The highest BCUT2D eigenvalue weighted by Gasteiger charge is 2.33. The molecular formula is C21H46BF4P. The van der Waals surface area contributed by atoms with Crippen molar-refractivity contribution in [2.45, 2.75) is 111 Å². The molecule has 0 saturated heterocycles. The zero-order valence-corrected chi connectivity index (χ0v) is 19.5. The molecule has 0 amide bonds. The van der Waals surface area contributed by atoms with Crippen molar-refractivity contribution in [3.63, 3.8) is 0 Å². The molecule has 0 N–H and O–H groups in total. The molecule has 0 nitrogen and oxygen atoms in total. The molecule has 0 atom stereocenters. The van der Waals surface area contributed by atoms with E-state index in [1.165, 1.54) is 83.5 Å². The summed E-state index contributed by atoms with van der Waals surface area (Å²) < 4.78 is 39.0. The number of unbranched alkanes of at least 4 members (excludes halogenated alkanes) is 9. The van der Waals surface area contributed by atoms with E-state index in [0.717, 1.165) is 0 Å². The van der Waals surface area contributed by atoms with Gasteiger partial charge in [-0.15, -0.1) is 0 Å². The lowest BCUT2D eigenvalue weighted by atomic mass is 10.1. The van der Waals surface area contributed by atoms with Gasteiger partial charge in [-0.05, 0) is 32.1 Å². The van der Waals surface area contributed by atoms with Gasteiger partial charge in [-0.1, -0.05) is 79.1 Å². The molecule has 0 unspecified atom stereocenters. The predicted molar refractivity (Wildman–Crippen MR) is 119 cm³/mol. The fourth-order valence-electron chi connectivity index (χ4n) is 4.03. The molecule has 0 heterocycles. The van der Waals surface area contributed by atoms with Crippen LogP contribution in [0.1, 0.15) is 111 Å². The summed E-state index contributed by atoms with van der Waals surface area (Å²) in [5, 5.41) is 0. The first-order valence-corrected chi connectivity index (χ1v) is 14.0. The lowest BCUT2D eigenvalue weighted by molar-refractivity contribution is 0.368. The van der Waals surface area contributed by atoms with Crippen LogP contribution < -0.4 is 0 Å². The van der Waals surface area contributed by atoms with Crippen molar-refractivity contribution >= 4 is 14.5 Å². The molecule has 6 heteroatoms. The van der Waals surface area contributed by atoms with Crippen LogP contribution >= 0.6 is 7.26 Å². The van der Waals surface area contributed by atoms with Crippen LogP contribution in [0.5, 0.6) is 0 Å². The Balaban J connectivity index is 0. The second kappa shape index (κ2) is 19.5. The molecule has 0 aromatic carbocycles. The maximum absolute atomic E-state index is 9.75. The third-order valence-electron chi connectivity index (χ3n) is 5.08. The van der Waals surface area contributed by atoms with E-state index in [1.807, 2.05) is 0 Å². The number of hydrogen-bond donors (Lipinski definition) is 0. The summed E-state index contributed by atoms with van der Waals surface area (Å²) in [6, 6.07) is 0.